The Hall–Kier alpha value is -5.96. The summed E-state index contributed by atoms with van der Waals surface area (Å²) in [5, 5.41) is 34.5. The van der Waals surface area contributed by atoms with E-state index in [2.05, 4.69) is 4.90 Å². The number of allylic oxidation sites excluding steroid dienone is 6. The molecular weight excluding hydrogens is 1120 g/mol. The van der Waals surface area contributed by atoms with E-state index in [1.165, 1.54) is 12.0 Å². The molecule has 5 heterocycles. The van der Waals surface area contributed by atoms with Gasteiger partial charge in [0.15, 0.2) is 17.1 Å². The van der Waals surface area contributed by atoms with Gasteiger partial charge in [0.2, 0.25) is 5.79 Å². The van der Waals surface area contributed by atoms with Crippen LogP contribution in [0, 0.1) is 35.5 Å². The number of ether oxygens (including phenoxy) is 6. The Kier molecular flexibility index (Phi) is 25.8. The highest BCUT2D eigenvalue weighted by Gasteiger charge is 2.53. The fourth-order valence-corrected chi connectivity index (χ4v) is 13.1. The van der Waals surface area contributed by atoms with Gasteiger partial charge in [-0.1, -0.05) is 114 Å². The number of piperidine rings is 1. The summed E-state index contributed by atoms with van der Waals surface area (Å²) < 4.78 is 40.9. The van der Waals surface area contributed by atoms with Gasteiger partial charge in [-0.25, -0.2) is 4.79 Å². The van der Waals surface area contributed by atoms with Gasteiger partial charge < -0.3 is 58.0 Å². The zero-order valence-electron chi connectivity index (χ0n) is 53.3. The van der Waals surface area contributed by atoms with Crippen LogP contribution in [0.4, 0.5) is 5.88 Å². The average molecular weight is 1220 g/mol. The summed E-state index contributed by atoms with van der Waals surface area (Å²) >= 11 is 0. The van der Waals surface area contributed by atoms with E-state index in [0.29, 0.717) is 93.4 Å². The van der Waals surface area contributed by atoms with Gasteiger partial charge in [0.05, 0.1) is 43.0 Å². The van der Waals surface area contributed by atoms with E-state index >= 15 is 0 Å². The molecule has 0 radical (unpaired) electrons. The molecule has 1 aromatic heterocycles. The van der Waals surface area contributed by atoms with Gasteiger partial charge in [0, 0.05) is 83.2 Å². The Morgan fingerprint density at radius 1 is 0.773 bits per heavy atom. The first kappa shape index (κ1) is 69.5. The van der Waals surface area contributed by atoms with E-state index in [0.717, 1.165) is 36.2 Å². The van der Waals surface area contributed by atoms with E-state index in [1.54, 1.807) is 47.1 Å². The molecule has 18 heteroatoms. The van der Waals surface area contributed by atoms with Crippen molar-refractivity contribution in [3.63, 3.8) is 0 Å². The lowest BCUT2D eigenvalue weighted by Gasteiger charge is -2.42. The van der Waals surface area contributed by atoms with Crippen molar-refractivity contribution < 1.29 is 72.1 Å². The SMILES string of the molecule is CO[C@H]1C[C@@H]2CC[C@@H](C)[C@@](O)(O2)C(=O)C(=O)N2CCCC[C@H]2C(=O)O[C@H]([C@H](C)C[C@@H]2CC[C@@H](O)[C@H](OC)C2)CC(=O)[C@H](C)/C=C(\C)[C@@H](O)[C@@H](OC)C(=O)[C@H](C)C[C@H](C)/C=C/C=C/C=C/1C.O=c1cc(N2CCOCC2)oc2c(-c3ccccc3)cccc12. The number of Topliss-reactive ketones (excluding diaryl/α,β-unsaturated/α-hetero) is 3. The lowest BCUT2D eigenvalue weighted by molar-refractivity contribution is -0.265. The number of anilines is 1. The predicted molar refractivity (Wildman–Crippen MR) is 336 cm³/mol. The molecule has 1 saturated carbocycles. The number of para-hydroxylation sites is 1. The van der Waals surface area contributed by atoms with Gasteiger partial charge in [-0.15, -0.1) is 0 Å². The van der Waals surface area contributed by atoms with Crippen molar-refractivity contribution in [2.45, 2.75) is 180 Å². The van der Waals surface area contributed by atoms with Gasteiger partial charge in [-0.05, 0) is 119 Å². The molecule has 3 saturated heterocycles. The smallest absolute Gasteiger partial charge is 0.329 e. The molecule has 15 atom stereocenters. The molecule has 3 N–H and O–H groups in total. The zero-order valence-corrected chi connectivity index (χ0v) is 53.3. The topological polar surface area (TPSA) is 238 Å². The fraction of sp³-hybridized carbons (Fsp3) is 0.600. The van der Waals surface area contributed by atoms with Crippen LogP contribution in [0.25, 0.3) is 22.1 Å². The Morgan fingerprint density at radius 2 is 1.51 bits per heavy atom. The molecule has 482 valence electrons. The third kappa shape index (κ3) is 17.7. The number of carbonyl (C=O) groups excluding carboxylic acids is 5. The van der Waals surface area contributed by atoms with Gasteiger partial charge >= 0.3 is 5.97 Å². The van der Waals surface area contributed by atoms with Gasteiger partial charge in [-0.3, -0.25) is 24.0 Å². The van der Waals surface area contributed by atoms with Crippen molar-refractivity contribution in [1.29, 1.82) is 0 Å². The number of carbonyl (C=O) groups is 5. The number of fused-ring (bicyclic) bond motifs is 4. The van der Waals surface area contributed by atoms with E-state index in [-0.39, 0.29) is 60.2 Å². The summed E-state index contributed by atoms with van der Waals surface area (Å²) in [5.74, 6) is -7.34. The summed E-state index contributed by atoms with van der Waals surface area (Å²) in [5.41, 5.74) is 3.89. The maximum Gasteiger partial charge on any atom is 0.329 e. The molecule has 1 amide bonds. The first-order valence-corrected chi connectivity index (χ1v) is 31.7. The Labute approximate surface area is 519 Å². The highest BCUT2D eigenvalue weighted by molar-refractivity contribution is 6.39. The molecule has 4 aliphatic heterocycles. The van der Waals surface area contributed by atoms with Crippen LogP contribution in [0.1, 0.15) is 126 Å². The number of aliphatic hydroxyl groups is 3. The fourth-order valence-electron chi connectivity index (χ4n) is 13.1. The highest BCUT2D eigenvalue weighted by atomic mass is 16.6. The largest absolute Gasteiger partial charge is 0.460 e. The number of rotatable bonds is 8. The van der Waals surface area contributed by atoms with Crippen LogP contribution in [-0.2, 0) is 52.4 Å². The Balaban J connectivity index is 0.000000394. The number of morpholine rings is 1. The number of esters is 1. The Bertz CT molecular complexity index is 3020. The minimum absolute atomic E-state index is 0.00878. The van der Waals surface area contributed by atoms with Crippen molar-refractivity contribution in [1.82, 2.24) is 4.90 Å². The van der Waals surface area contributed by atoms with Crippen molar-refractivity contribution >= 4 is 46.1 Å². The number of hydrogen-bond acceptors (Lipinski definition) is 17. The molecule has 8 rings (SSSR count). The number of ketones is 3. The predicted octanol–water partition coefficient (Wildman–Crippen LogP) is 9.48. The maximum atomic E-state index is 14.4. The van der Waals surface area contributed by atoms with Crippen LogP contribution in [-0.4, -0.2) is 158 Å². The number of methoxy groups -OCH3 is 3. The molecule has 3 aromatic rings. The lowest BCUT2D eigenvalue weighted by Crippen LogP contribution is -2.61. The Morgan fingerprint density at radius 3 is 2.22 bits per heavy atom. The number of aliphatic hydroxyl groups excluding tert-OH is 2. The van der Waals surface area contributed by atoms with Gasteiger partial charge in [0.1, 0.15) is 35.7 Å². The van der Waals surface area contributed by atoms with Crippen molar-refractivity contribution in [3.8, 4) is 11.1 Å². The zero-order chi connectivity index (χ0) is 63.8. The quantitative estimate of drug-likeness (QED) is 0.108. The summed E-state index contributed by atoms with van der Waals surface area (Å²) in [6, 6.07) is 16.1. The molecule has 5 aliphatic rings. The van der Waals surface area contributed by atoms with Crippen molar-refractivity contribution in [3.05, 3.63) is 112 Å². The number of benzene rings is 2. The third-order valence-corrected chi connectivity index (χ3v) is 18.6. The second-order valence-electron chi connectivity index (χ2n) is 25.2. The second kappa shape index (κ2) is 32.7. The number of cyclic esters (lactones) is 1. The van der Waals surface area contributed by atoms with Gasteiger partial charge in [-0.2, -0.15) is 0 Å². The first-order valence-electron chi connectivity index (χ1n) is 31.7. The summed E-state index contributed by atoms with van der Waals surface area (Å²) in [4.78, 5) is 86.3. The molecule has 2 aromatic carbocycles. The van der Waals surface area contributed by atoms with Crippen molar-refractivity contribution in [2.75, 3.05) is 59.1 Å². The van der Waals surface area contributed by atoms with Crippen LogP contribution >= 0.6 is 0 Å². The third-order valence-electron chi connectivity index (χ3n) is 18.6. The number of hydrogen-bond donors (Lipinski definition) is 3. The van der Waals surface area contributed by atoms with E-state index in [9.17, 15) is 44.1 Å². The van der Waals surface area contributed by atoms with E-state index in [4.69, 9.17) is 32.8 Å². The van der Waals surface area contributed by atoms with Gasteiger partial charge in [0.25, 0.3) is 11.7 Å². The molecular formula is C70H96N2O16. The maximum absolute atomic E-state index is 14.4. The minimum Gasteiger partial charge on any atom is -0.460 e. The molecule has 4 fully saturated rings. The summed E-state index contributed by atoms with van der Waals surface area (Å²) in [6.07, 6.45) is 11.2. The summed E-state index contributed by atoms with van der Waals surface area (Å²) in [6.45, 7) is 15.5. The highest BCUT2D eigenvalue weighted by Crippen LogP contribution is 2.38. The molecule has 18 nitrogen and oxygen atoms in total. The van der Waals surface area contributed by atoms with Crippen molar-refractivity contribution in [2.24, 2.45) is 35.5 Å². The number of amides is 1. The molecule has 2 bridgehead atoms. The summed E-state index contributed by atoms with van der Waals surface area (Å²) in [7, 11) is 4.52. The van der Waals surface area contributed by atoms with E-state index < -0.39 is 83.9 Å². The van der Waals surface area contributed by atoms with E-state index in [1.807, 2.05) is 107 Å². The molecule has 1 aliphatic carbocycles. The normalized spacial score (nSPS) is 33.8. The minimum atomic E-state index is -2.43. The lowest BCUT2D eigenvalue weighted by atomic mass is 9.78. The van der Waals surface area contributed by atoms with Crippen LogP contribution < -0.4 is 10.3 Å². The standard InChI is InChI=1S/C51H79NO13.C19H17NO3/c1-30-16-12-11-13-17-31(2)42(61-8)28-38-21-19-36(7)51(60,65-38)48(57)49(58)52-23-15-14-18-39(52)50(59)64-43(33(4)26-37-20-22-40(53)44(27-37)62-9)29-41(54)32(3)25-35(6)46(56)47(63-10)45(55)34(5)24-30;21-17-13-18(20-9-11-22-12-10-20)23-19-15(7-4-8-16(17)19)14-5-2-1-3-6-14/h11-13,16-17,25,30,32-34,36-40,42-44,46-47,53,56,60H,14-15,18-24,26-29H2,1-10H3;1-8,13H,9-12H2/b13-11+,16-12+,31-17+,35-25+;/t30-,32-,33-,34-,36-,37+,38+,39+,40-,42+,43+,44-,46-,47+,51-;/m1./s1. The second-order valence-corrected chi connectivity index (χ2v) is 25.2. The van der Waals surface area contributed by atoms with Crippen LogP contribution in [0.5, 0.6) is 0 Å². The van der Waals surface area contributed by atoms with Crippen LogP contribution in [0.15, 0.2) is 111 Å². The molecule has 0 unspecified atom stereocenters. The first-order chi connectivity index (χ1) is 42.1. The van der Waals surface area contributed by atoms with Crippen LogP contribution in [0.3, 0.4) is 0 Å². The monoisotopic (exact) mass is 1220 g/mol. The molecule has 88 heavy (non-hydrogen) atoms. The molecule has 0 spiro atoms. The number of nitrogens with zero attached hydrogens (tertiary/aromatic N) is 2. The van der Waals surface area contributed by atoms with Crippen LogP contribution in [0.2, 0.25) is 0 Å². The average Bonchev–Trinajstić information content (AvgIpc) is 1.26.